The number of nitrogens with zero attached hydrogens (tertiary/aromatic N) is 4. The molecule has 2 rings (SSSR count). The van der Waals surface area contributed by atoms with Crippen LogP contribution in [0.1, 0.15) is 36.8 Å². The first-order valence-electron chi connectivity index (χ1n) is 7.22. The van der Waals surface area contributed by atoms with E-state index < -0.39 is 32.8 Å². The van der Waals surface area contributed by atoms with Crippen molar-refractivity contribution in [2.75, 3.05) is 0 Å². The van der Waals surface area contributed by atoms with Crippen molar-refractivity contribution in [1.82, 2.24) is 9.78 Å². The van der Waals surface area contributed by atoms with E-state index in [-0.39, 0.29) is 11.3 Å². The van der Waals surface area contributed by atoms with Crippen LogP contribution in [0.15, 0.2) is 24.4 Å². The summed E-state index contributed by atoms with van der Waals surface area (Å²) in [7, 11) is 0. The Bertz CT molecular complexity index is 865. The number of nitro benzene ring substituents is 2. The van der Waals surface area contributed by atoms with Crippen molar-refractivity contribution >= 4 is 17.3 Å². The second-order valence-electron chi connectivity index (χ2n) is 6.26. The van der Waals surface area contributed by atoms with E-state index in [1.54, 1.807) is 27.7 Å². The van der Waals surface area contributed by atoms with Crippen LogP contribution in [0.25, 0.3) is 5.69 Å². The second-order valence-corrected chi connectivity index (χ2v) is 6.26. The number of rotatable bonds is 4. The maximum Gasteiger partial charge on any atom is 0.342 e. The predicted octanol–water partition coefficient (Wildman–Crippen LogP) is 2.95. The first kappa shape index (κ1) is 18.0. The standard InChI is InChI=1S/C15H16N4O6/c1-9-11(14(20)25-15(2,3)4)8-17(16-9)12-6-5-10(18(21)22)7-13(12)19(23)24/h5-8H,1-4H3. The first-order chi connectivity index (χ1) is 11.5. The molecule has 0 aliphatic carbocycles. The average molecular weight is 348 g/mol. The number of carbonyl (C=O) groups excluding carboxylic acids is 1. The van der Waals surface area contributed by atoms with Gasteiger partial charge in [0.2, 0.25) is 0 Å². The number of benzene rings is 1. The number of hydrogen-bond acceptors (Lipinski definition) is 7. The smallest absolute Gasteiger partial charge is 0.342 e. The molecule has 0 aliphatic heterocycles. The quantitative estimate of drug-likeness (QED) is 0.471. The summed E-state index contributed by atoms with van der Waals surface area (Å²) in [5.41, 5.74) is -1.12. The molecule has 0 aliphatic rings. The Labute approximate surface area is 142 Å². The van der Waals surface area contributed by atoms with Crippen LogP contribution in [0.5, 0.6) is 0 Å². The third kappa shape index (κ3) is 3.97. The van der Waals surface area contributed by atoms with Gasteiger partial charge in [-0.05, 0) is 33.8 Å². The van der Waals surface area contributed by atoms with Crippen LogP contribution < -0.4 is 0 Å². The van der Waals surface area contributed by atoms with Gasteiger partial charge in [0, 0.05) is 12.3 Å². The minimum atomic E-state index is -0.744. The molecule has 132 valence electrons. The second kappa shape index (κ2) is 6.30. The molecule has 0 atom stereocenters. The molecule has 0 spiro atoms. The van der Waals surface area contributed by atoms with Crippen LogP contribution in [0.3, 0.4) is 0 Å². The highest BCUT2D eigenvalue weighted by Crippen LogP contribution is 2.28. The number of hydrogen-bond donors (Lipinski definition) is 0. The fraction of sp³-hybridized carbons (Fsp3) is 0.333. The Kier molecular flexibility index (Phi) is 4.55. The summed E-state index contributed by atoms with van der Waals surface area (Å²) >= 11 is 0. The maximum absolute atomic E-state index is 12.2. The molecule has 25 heavy (non-hydrogen) atoms. The minimum Gasteiger partial charge on any atom is -0.456 e. The number of aryl methyl sites for hydroxylation is 1. The molecule has 1 heterocycles. The van der Waals surface area contributed by atoms with E-state index in [1.165, 1.54) is 12.3 Å². The van der Waals surface area contributed by atoms with E-state index in [2.05, 4.69) is 5.10 Å². The molecular weight excluding hydrogens is 332 g/mol. The van der Waals surface area contributed by atoms with Crippen LogP contribution in [-0.2, 0) is 4.74 Å². The number of ether oxygens (including phenoxy) is 1. The van der Waals surface area contributed by atoms with Crippen molar-refractivity contribution in [3.63, 3.8) is 0 Å². The summed E-state index contributed by atoms with van der Waals surface area (Å²) in [5, 5.41) is 26.1. The van der Waals surface area contributed by atoms with Crippen LogP contribution in [-0.4, -0.2) is 31.2 Å². The van der Waals surface area contributed by atoms with Crippen LogP contribution in [0.4, 0.5) is 11.4 Å². The van der Waals surface area contributed by atoms with Gasteiger partial charge >= 0.3 is 11.7 Å². The van der Waals surface area contributed by atoms with E-state index in [9.17, 15) is 25.0 Å². The van der Waals surface area contributed by atoms with E-state index in [0.29, 0.717) is 5.69 Å². The Morgan fingerprint density at radius 2 is 1.84 bits per heavy atom. The number of esters is 1. The van der Waals surface area contributed by atoms with Crippen molar-refractivity contribution in [2.45, 2.75) is 33.3 Å². The van der Waals surface area contributed by atoms with Gasteiger partial charge in [0.05, 0.1) is 21.6 Å². The largest absolute Gasteiger partial charge is 0.456 e. The van der Waals surface area contributed by atoms with Gasteiger partial charge in [0.1, 0.15) is 16.9 Å². The molecule has 10 nitrogen and oxygen atoms in total. The molecule has 2 aromatic rings. The Morgan fingerprint density at radius 3 is 2.36 bits per heavy atom. The van der Waals surface area contributed by atoms with E-state index in [0.717, 1.165) is 16.8 Å². The number of nitro groups is 2. The molecule has 1 aromatic carbocycles. The zero-order valence-corrected chi connectivity index (χ0v) is 14.0. The molecule has 0 saturated heterocycles. The normalized spacial score (nSPS) is 11.2. The monoisotopic (exact) mass is 348 g/mol. The number of non-ortho nitro benzene ring substituents is 1. The van der Waals surface area contributed by atoms with Crippen LogP contribution in [0, 0.1) is 27.2 Å². The lowest BCUT2D eigenvalue weighted by atomic mass is 10.2. The van der Waals surface area contributed by atoms with Gasteiger partial charge in [0.15, 0.2) is 0 Å². The Morgan fingerprint density at radius 1 is 1.20 bits per heavy atom. The lowest BCUT2D eigenvalue weighted by Crippen LogP contribution is -2.24. The van der Waals surface area contributed by atoms with Crippen molar-refractivity contribution in [3.8, 4) is 5.69 Å². The van der Waals surface area contributed by atoms with E-state index in [1.807, 2.05) is 0 Å². The summed E-state index contributed by atoms with van der Waals surface area (Å²) in [6, 6.07) is 3.19. The maximum atomic E-state index is 12.2. The third-order valence-corrected chi connectivity index (χ3v) is 3.13. The minimum absolute atomic E-state index is 0.00788. The molecule has 1 aromatic heterocycles. The molecule has 0 unspecified atom stereocenters. The molecule has 0 saturated carbocycles. The summed E-state index contributed by atoms with van der Waals surface area (Å²) in [6.45, 7) is 6.70. The zero-order chi connectivity index (χ0) is 18.9. The van der Waals surface area contributed by atoms with E-state index >= 15 is 0 Å². The molecule has 0 fully saturated rings. The van der Waals surface area contributed by atoms with Crippen molar-refractivity contribution < 1.29 is 19.4 Å². The van der Waals surface area contributed by atoms with Gasteiger partial charge in [-0.2, -0.15) is 5.10 Å². The predicted molar refractivity (Wildman–Crippen MR) is 86.8 cm³/mol. The number of carbonyl (C=O) groups is 1. The SMILES string of the molecule is Cc1nn(-c2ccc([N+](=O)[O-])cc2[N+](=O)[O-])cc1C(=O)OC(C)(C)C. The van der Waals surface area contributed by atoms with Gasteiger partial charge in [0.25, 0.3) is 5.69 Å². The lowest BCUT2D eigenvalue weighted by Gasteiger charge is -2.18. The van der Waals surface area contributed by atoms with E-state index in [4.69, 9.17) is 4.74 Å². The van der Waals surface area contributed by atoms with Crippen LogP contribution >= 0.6 is 0 Å². The Hall–Kier alpha value is -3.30. The van der Waals surface area contributed by atoms with Crippen molar-refractivity contribution in [1.29, 1.82) is 0 Å². The molecule has 0 radical (unpaired) electrons. The fourth-order valence-corrected chi connectivity index (χ4v) is 2.08. The lowest BCUT2D eigenvalue weighted by molar-refractivity contribution is -0.394. The van der Waals surface area contributed by atoms with Crippen molar-refractivity contribution in [3.05, 3.63) is 55.9 Å². The highest BCUT2D eigenvalue weighted by molar-refractivity contribution is 5.90. The zero-order valence-electron chi connectivity index (χ0n) is 14.0. The summed E-state index contributed by atoms with van der Waals surface area (Å²) in [4.78, 5) is 32.8. The Balaban J connectivity index is 2.50. The highest BCUT2D eigenvalue weighted by Gasteiger charge is 2.25. The number of aromatic nitrogens is 2. The average Bonchev–Trinajstić information content (AvgIpc) is 2.86. The van der Waals surface area contributed by atoms with Gasteiger partial charge in [-0.25, -0.2) is 9.48 Å². The van der Waals surface area contributed by atoms with Gasteiger partial charge in [-0.1, -0.05) is 0 Å². The highest BCUT2D eigenvalue weighted by atomic mass is 16.6. The molecule has 10 heteroatoms. The third-order valence-electron chi connectivity index (χ3n) is 3.13. The molecule has 0 amide bonds. The molecule has 0 bridgehead atoms. The molecule has 0 N–H and O–H groups in total. The molecular formula is C15H16N4O6. The topological polar surface area (TPSA) is 130 Å². The summed E-state index contributed by atoms with van der Waals surface area (Å²) < 4.78 is 6.40. The van der Waals surface area contributed by atoms with Gasteiger partial charge < -0.3 is 4.74 Å². The summed E-state index contributed by atoms with van der Waals surface area (Å²) in [5.74, 6) is -0.610. The fourth-order valence-electron chi connectivity index (χ4n) is 2.08. The van der Waals surface area contributed by atoms with Crippen LogP contribution in [0.2, 0.25) is 0 Å². The van der Waals surface area contributed by atoms with Gasteiger partial charge in [-0.15, -0.1) is 0 Å². The van der Waals surface area contributed by atoms with Gasteiger partial charge in [-0.3, -0.25) is 20.2 Å². The summed E-state index contributed by atoms with van der Waals surface area (Å²) in [6.07, 6.45) is 1.30. The van der Waals surface area contributed by atoms with Crippen molar-refractivity contribution in [2.24, 2.45) is 0 Å². The first-order valence-corrected chi connectivity index (χ1v) is 7.22.